The number of amides is 2. The van der Waals surface area contributed by atoms with E-state index in [0.29, 0.717) is 17.0 Å². The van der Waals surface area contributed by atoms with Gasteiger partial charge in [-0.25, -0.2) is 9.37 Å². The molecule has 4 rings (SSSR count). The third-order valence-electron chi connectivity index (χ3n) is 6.00. The molecule has 1 saturated carbocycles. The number of nitrogens with zero attached hydrogens (tertiary/aromatic N) is 3. The lowest BCUT2D eigenvalue weighted by Crippen LogP contribution is -2.47. The Kier molecular flexibility index (Phi) is 7.47. The molecule has 0 aliphatic heterocycles. The van der Waals surface area contributed by atoms with E-state index in [1.165, 1.54) is 47.8 Å². The van der Waals surface area contributed by atoms with Gasteiger partial charge in [0.25, 0.3) is 5.91 Å². The van der Waals surface area contributed by atoms with Crippen LogP contribution in [0.1, 0.15) is 54.2 Å². The number of ether oxygens (including phenoxy) is 1. The highest BCUT2D eigenvalue weighted by molar-refractivity contribution is 6.09. The third-order valence-corrected chi connectivity index (χ3v) is 6.00. The summed E-state index contributed by atoms with van der Waals surface area (Å²) >= 11 is 0. The molecule has 1 heterocycles. The van der Waals surface area contributed by atoms with Crippen molar-refractivity contribution >= 4 is 17.5 Å². The predicted molar refractivity (Wildman–Crippen MR) is 126 cm³/mol. The molecule has 2 aromatic carbocycles. The summed E-state index contributed by atoms with van der Waals surface area (Å²) in [5.74, 6) is -0.634. The molecule has 1 atom stereocenters. The Bertz CT molecular complexity index is 1100. The molecule has 0 spiro atoms. The second-order valence-corrected chi connectivity index (χ2v) is 8.26. The minimum absolute atomic E-state index is 0.0357. The lowest BCUT2D eigenvalue weighted by atomic mass is 9.94. The van der Waals surface area contributed by atoms with Crippen LogP contribution in [0.5, 0.6) is 5.75 Å². The van der Waals surface area contributed by atoms with E-state index in [0.717, 1.165) is 32.1 Å². The fourth-order valence-electron chi connectivity index (χ4n) is 4.25. The minimum Gasteiger partial charge on any atom is -0.497 e. The molecule has 8 heteroatoms. The average Bonchev–Trinajstić information content (AvgIpc) is 2.89. The van der Waals surface area contributed by atoms with Gasteiger partial charge in [-0.15, -0.1) is 0 Å². The summed E-state index contributed by atoms with van der Waals surface area (Å²) in [6.45, 7) is 0. The largest absolute Gasteiger partial charge is 0.497 e. The lowest BCUT2D eigenvalue weighted by molar-refractivity contribution is -0.123. The number of benzene rings is 2. The fraction of sp³-hybridized carbons (Fsp3) is 0.308. The molecule has 7 nitrogen and oxygen atoms in total. The van der Waals surface area contributed by atoms with Crippen molar-refractivity contribution in [3.05, 3.63) is 84.2 Å². The maximum absolute atomic E-state index is 13.7. The van der Waals surface area contributed by atoms with Crippen molar-refractivity contribution in [2.75, 3.05) is 12.0 Å². The van der Waals surface area contributed by atoms with E-state index < -0.39 is 17.8 Å². The Morgan fingerprint density at radius 3 is 2.35 bits per heavy atom. The molecule has 0 radical (unpaired) electrons. The number of methoxy groups -OCH3 is 1. The van der Waals surface area contributed by atoms with E-state index in [9.17, 15) is 14.0 Å². The quantitative estimate of drug-likeness (QED) is 0.560. The number of hydrogen-bond donors (Lipinski definition) is 1. The van der Waals surface area contributed by atoms with E-state index in [1.54, 1.807) is 31.4 Å². The molecule has 1 N–H and O–H groups in total. The summed E-state index contributed by atoms with van der Waals surface area (Å²) in [6, 6.07) is 11.5. The van der Waals surface area contributed by atoms with Gasteiger partial charge >= 0.3 is 0 Å². The summed E-state index contributed by atoms with van der Waals surface area (Å²) in [4.78, 5) is 37.0. The number of aromatic nitrogens is 2. The number of hydrogen-bond acceptors (Lipinski definition) is 5. The first kappa shape index (κ1) is 23.4. The predicted octanol–water partition coefficient (Wildman–Crippen LogP) is 4.46. The molecular formula is C26H27FN4O3. The number of carbonyl (C=O) groups is 2. The van der Waals surface area contributed by atoms with Gasteiger partial charge in [0.05, 0.1) is 13.3 Å². The van der Waals surface area contributed by atoms with Gasteiger partial charge in [0, 0.05) is 24.1 Å². The third kappa shape index (κ3) is 5.39. The molecule has 176 valence electrons. The molecule has 0 saturated heterocycles. The molecular weight excluding hydrogens is 435 g/mol. The van der Waals surface area contributed by atoms with Crippen molar-refractivity contribution in [3.8, 4) is 5.75 Å². The second-order valence-electron chi connectivity index (χ2n) is 8.26. The van der Waals surface area contributed by atoms with Crippen LogP contribution in [0.25, 0.3) is 0 Å². The lowest BCUT2D eigenvalue weighted by Gasteiger charge is -2.33. The molecule has 3 aromatic rings. The highest BCUT2D eigenvalue weighted by atomic mass is 19.1. The van der Waals surface area contributed by atoms with Crippen molar-refractivity contribution in [2.24, 2.45) is 0 Å². The topological polar surface area (TPSA) is 84.4 Å². The van der Waals surface area contributed by atoms with Crippen molar-refractivity contribution in [1.82, 2.24) is 15.3 Å². The molecule has 1 fully saturated rings. The van der Waals surface area contributed by atoms with E-state index in [4.69, 9.17) is 4.74 Å². The van der Waals surface area contributed by atoms with Crippen LogP contribution in [0.3, 0.4) is 0 Å². The van der Waals surface area contributed by atoms with Crippen LogP contribution in [0, 0.1) is 5.82 Å². The standard InChI is InChI=1S/C26H27FN4O3/c1-34-22-13-11-21(12-14-22)31(26(33)23-17-28-15-16-29-23)24(18-7-9-19(27)10-8-18)25(32)30-20-5-3-2-4-6-20/h7-17,20,24H,2-6H2,1H3,(H,30,32). The van der Waals surface area contributed by atoms with Gasteiger partial charge in [-0.05, 0) is 54.8 Å². The van der Waals surface area contributed by atoms with Crippen LogP contribution in [-0.2, 0) is 4.79 Å². The van der Waals surface area contributed by atoms with Crippen LogP contribution in [-0.4, -0.2) is 34.9 Å². The maximum atomic E-state index is 13.7. The normalized spacial score (nSPS) is 14.8. The number of nitrogens with one attached hydrogen (secondary N) is 1. The minimum atomic E-state index is -1.04. The molecule has 34 heavy (non-hydrogen) atoms. The first-order valence-electron chi connectivity index (χ1n) is 11.4. The van der Waals surface area contributed by atoms with Gasteiger partial charge in [0.1, 0.15) is 23.3 Å². The van der Waals surface area contributed by atoms with Crippen LogP contribution in [0.4, 0.5) is 10.1 Å². The van der Waals surface area contributed by atoms with Crippen molar-refractivity contribution < 1.29 is 18.7 Å². The Hall–Kier alpha value is -3.81. The molecule has 0 bridgehead atoms. The van der Waals surface area contributed by atoms with E-state index in [1.807, 2.05) is 0 Å². The van der Waals surface area contributed by atoms with Gasteiger partial charge in [0.2, 0.25) is 5.91 Å². The Morgan fingerprint density at radius 2 is 1.74 bits per heavy atom. The Labute approximate surface area is 198 Å². The van der Waals surface area contributed by atoms with E-state index in [-0.39, 0.29) is 17.6 Å². The summed E-state index contributed by atoms with van der Waals surface area (Å²) in [7, 11) is 1.55. The highest BCUT2D eigenvalue weighted by Crippen LogP contribution is 2.31. The van der Waals surface area contributed by atoms with Crippen molar-refractivity contribution in [3.63, 3.8) is 0 Å². The number of rotatable bonds is 7. The van der Waals surface area contributed by atoms with Crippen molar-refractivity contribution in [1.29, 1.82) is 0 Å². The first-order chi connectivity index (χ1) is 16.6. The zero-order chi connectivity index (χ0) is 23.9. The van der Waals surface area contributed by atoms with Gasteiger partial charge in [-0.3, -0.25) is 19.5 Å². The van der Waals surface area contributed by atoms with Crippen molar-refractivity contribution in [2.45, 2.75) is 44.2 Å². The summed E-state index contributed by atoms with van der Waals surface area (Å²) < 4.78 is 19.0. The van der Waals surface area contributed by atoms with E-state index >= 15 is 0 Å². The Morgan fingerprint density at radius 1 is 1.03 bits per heavy atom. The first-order valence-corrected chi connectivity index (χ1v) is 11.4. The smallest absolute Gasteiger partial charge is 0.279 e. The molecule has 1 aromatic heterocycles. The number of halogens is 1. The van der Waals surface area contributed by atoms with Crippen LogP contribution in [0.2, 0.25) is 0 Å². The summed E-state index contributed by atoms with van der Waals surface area (Å²) in [5, 5.41) is 3.12. The number of anilines is 1. The van der Waals surface area contributed by atoms with Gasteiger partial charge < -0.3 is 10.1 Å². The average molecular weight is 463 g/mol. The monoisotopic (exact) mass is 462 g/mol. The fourth-order valence-corrected chi connectivity index (χ4v) is 4.25. The van der Waals surface area contributed by atoms with Crippen LogP contribution >= 0.6 is 0 Å². The summed E-state index contributed by atoms with van der Waals surface area (Å²) in [6.07, 6.45) is 9.29. The second kappa shape index (κ2) is 10.9. The molecule has 2 amide bonds. The summed E-state index contributed by atoms with van der Waals surface area (Å²) in [5.41, 5.74) is 1.06. The zero-order valence-corrected chi connectivity index (χ0v) is 19.0. The molecule has 1 aliphatic carbocycles. The van der Waals surface area contributed by atoms with Crippen LogP contribution < -0.4 is 15.0 Å². The SMILES string of the molecule is COc1ccc(N(C(=O)c2cnccn2)C(C(=O)NC2CCCCC2)c2ccc(F)cc2)cc1. The maximum Gasteiger partial charge on any atom is 0.279 e. The molecule has 1 aliphatic rings. The van der Waals surface area contributed by atoms with Gasteiger partial charge in [-0.2, -0.15) is 0 Å². The van der Waals surface area contributed by atoms with Gasteiger partial charge in [0.15, 0.2) is 0 Å². The zero-order valence-electron chi connectivity index (χ0n) is 19.0. The van der Waals surface area contributed by atoms with Gasteiger partial charge in [-0.1, -0.05) is 31.4 Å². The number of carbonyl (C=O) groups excluding carboxylic acids is 2. The van der Waals surface area contributed by atoms with E-state index in [2.05, 4.69) is 15.3 Å². The molecule has 1 unspecified atom stereocenters. The highest BCUT2D eigenvalue weighted by Gasteiger charge is 2.35. The Balaban J connectivity index is 1.79. The van der Waals surface area contributed by atoms with Crippen LogP contribution in [0.15, 0.2) is 67.1 Å².